The molecule has 0 bridgehead atoms. The lowest BCUT2D eigenvalue weighted by Crippen LogP contribution is -2.25. The maximum Gasteiger partial charge on any atom is 0.231 e. The molecule has 0 atom stereocenters. The molecule has 7 nitrogen and oxygen atoms in total. The van der Waals surface area contributed by atoms with E-state index in [1.165, 1.54) is 0 Å². The second-order valence-electron chi connectivity index (χ2n) is 7.53. The van der Waals surface area contributed by atoms with Crippen LogP contribution in [0, 0.1) is 0 Å². The van der Waals surface area contributed by atoms with Crippen LogP contribution in [-0.4, -0.2) is 29.0 Å². The second kappa shape index (κ2) is 9.01. The van der Waals surface area contributed by atoms with Crippen LogP contribution in [0.1, 0.15) is 17.7 Å². The van der Waals surface area contributed by atoms with Crippen LogP contribution in [0.15, 0.2) is 77.5 Å². The molecule has 1 amide bonds. The lowest BCUT2D eigenvalue weighted by molar-refractivity contribution is -0.121. The van der Waals surface area contributed by atoms with E-state index in [-0.39, 0.29) is 12.7 Å². The molecule has 0 radical (unpaired) electrons. The maximum absolute atomic E-state index is 12.4. The summed E-state index contributed by atoms with van der Waals surface area (Å²) in [5.41, 5.74) is 3.71. The molecule has 1 aliphatic heterocycles. The number of fused-ring (bicyclic) bond motifs is 1. The van der Waals surface area contributed by atoms with E-state index in [0.29, 0.717) is 31.6 Å². The van der Waals surface area contributed by atoms with E-state index in [1.54, 1.807) is 6.26 Å². The van der Waals surface area contributed by atoms with Gasteiger partial charge >= 0.3 is 0 Å². The first kappa shape index (κ1) is 19.9. The topological polar surface area (TPSA) is 78.5 Å². The first-order valence-corrected chi connectivity index (χ1v) is 10.6. The standard InChI is InChI=1S/C25H23N3O4/c29-24(26-13-12-21-7-4-14-30-21)11-9-19-16-28(20-5-2-1-3-6-20)27-25(19)18-8-10-22-23(15-18)32-17-31-22/h1-8,10,14-16H,9,11-13,17H2,(H,26,29). The van der Waals surface area contributed by atoms with Crippen LogP contribution in [0.4, 0.5) is 0 Å². The van der Waals surface area contributed by atoms with Gasteiger partial charge in [0.2, 0.25) is 12.7 Å². The lowest BCUT2D eigenvalue weighted by Gasteiger charge is -2.05. The number of nitrogens with zero attached hydrogens (tertiary/aromatic N) is 2. The van der Waals surface area contributed by atoms with Crippen molar-refractivity contribution in [2.45, 2.75) is 19.3 Å². The Hall–Kier alpha value is -4.00. The number of ether oxygens (including phenoxy) is 2. The fourth-order valence-electron chi connectivity index (χ4n) is 3.71. The molecule has 0 aliphatic carbocycles. The highest BCUT2D eigenvalue weighted by Gasteiger charge is 2.18. The third-order valence-electron chi connectivity index (χ3n) is 5.35. The highest BCUT2D eigenvalue weighted by atomic mass is 16.7. The van der Waals surface area contributed by atoms with Gasteiger partial charge in [0.1, 0.15) is 5.76 Å². The van der Waals surface area contributed by atoms with Crippen molar-refractivity contribution >= 4 is 5.91 Å². The number of para-hydroxylation sites is 1. The van der Waals surface area contributed by atoms with Gasteiger partial charge in [0, 0.05) is 31.1 Å². The van der Waals surface area contributed by atoms with Gasteiger partial charge < -0.3 is 19.2 Å². The van der Waals surface area contributed by atoms with Crippen LogP contribution in [0.25, 0.3) is 16.9 Å². The van der Waals surface area contributed by atoms with Gasteiger partial charge in [-0.25, -0.2) is 4.68 Å². The summed E-state index contributed by atoms with van der Waals surface area (Å²) in [6.07, 6.45) is 5.25. The Morgan fingerprint density at radius 1 is 1.00 bits per heavy atom. The van der Waals surface area contributed by atoms with Crippen molar-refractivity contribution in [3.8, 4) is 28.4 Å². The van der Waals surface area contributed by atoms with Crippen LogP contribution >= 0.6 is 0 Å². The molecular weight excluding hydrogens is 406 g/mol. The average molecular weight is 429 g/mol. The molecule has 0 fully saturated rings. The molecule has 0 saturated heterocycles. The predicted molar refractivity (Wildman–Crippen MR) is 119 cm³/mol. The summed E-state index contributed by atoms with van der Waals surface area (Å²) in [4.78, 5) is 12.4. The largest absolute Gasteiger partial charge is 0.469 e. The molecule has 3 heterocycles. The quantitative estimate of drug-likeness (QED) is 0.455. The number of hydrogen-bond acceptors (Lipinski definition) is 5. The predicted octanol–water partition coefficient (Wildman–Crippen LogP) is 4.15. The zero-order chi connectivity index (χ0) is 21.8. The Morgan fingerprint density at radius 3 is 2.72 bits per heavy atom. The normalized spacial score (nSPS) is 12.1. The van der Waals surface area contributed by atoms with Crippen molar-refractivity contribution in [2.24, 2.45) is 0 Å². The van der Waals surface area contributed by atoms with Crippen molar-refractivity contribution < 1.29 is 18.7 Å². The molecule has 4 aromatic rings. The number of aryl methyl sites for hydroxylation is 1. The molecular formula is C25H23N3O4. The van der Waals surface area contributed by atoms with Crippen LogP contribution in [0.2, 0.25) is 0 Å². The summed E-state index contributed by atoms with van der Waals surface area (Å²) < 4.78 is 18.1. The molecule has 162 valence electrons. The molecule has 7 heteroatoms. The van der Waals surface area contributed by atoms with Crippen molar-refractivity contribution in [3.63, 3.8) is 0 Å². The number of aromatic nitrogens is 2. The minimum absolute atomic E-state index is 0.000605. The van der Waals surface area contributed by atoms with Crippen LogP contribution < -0.4 is 14.8 Å². The van der Waals surface area contributed by atoms with Crippen LogP contribution in [-0.2, 0) is 17.6 Å². The van der Waals surface area contributed by atoms with E-state index in [0.717, 1.165) is 34.0 Å². The molecule has 2 aromatic carbocycles. The Balaban J connectivity index is 1.33. The lowest BCUT2D eigenvalue weighted by atomic mass is 10.0. The number of carbonyl (C=O) groups is 1. The van der Waals surface area contributed by atoms with Gasteiger partial charge in [0.05, 0.1) is 17.6 Å². The zero-order valence-corrected chi connectivity index (χ0v) is 17.5. The van der Waals surface area contributed by atoms with Crippen LogP contribution in [0.5, 0.6) is 11.5 Å². The van der Waals surface area contributed by atoms with E-state index in [1.807, 2.05) is 71.5 Å². The van der Waals surface area contributed by atoms with Crippen molar-refractivity contribution in [1.29, 1.82) is 0 Å². The maximum atomic E-state index is 12.4. The number of hydrogen-bond donors (Lipinski definition) is 1. The number of benzene rings is 2. The fourth-order valence-corrected chi connectivity index (χ4v) is 3.71. The van der Waals surface area contributed by atoms with Gasteiger partial charge in [-0.2, -0.15) is 5.10 Å². The van der Waals surface area contributed by atoms with Gasteiger partial charge in [-0.15, -0.1) is 0 Å². The van der Waals surface area contributed by atoms with Gasteiger partial charge in [0.15, 0.2) is 11.5 Å². The molecule has 0 saturated carbocycles. The van der Waals surface area contributed by atoms with E-state index in [9.17, 15) is 4.79 Å². The first-order valence-electron chi connectivity index (χ1n) is 10.6. The molecule has 1 N–H and O–H groups in total. The van der Waals surface area contributed by atoms with Crippen molar-refractivity contribution in [3.05, 3.63) is 84.4 Å². The zero-order valence-electron chi connectivity index (χ0n) is 17.5. The molecule has 0 spiro atoms. The summed E-state index contributed by atoms with van der Waals surface area (Å²) in [6.45, 7) is 0.771. The molecule has 0 unspecified atom stereocenters. The third kappa shape index (κ3) is 4.37. The Morgan fingerprint density at radius 2 is 1.88 bits per heavy atom. The monoisotopic (exact) mass is 429 g/mol. The van der Waals surface area contributed by atoms with E-state index < -0.39 is 0 Å². The Kier molecular flexibility index (Phi) is 5.61. The number of carbonyl (C=O) groups excluding carboxylic acids is 1. The fraction of sp³-hybridized carbons (Fsp3) is 0.200. The minimum atomic E-state index is 0.000605. The van der Waals surface area contributed by atoms with E-state index in [2.05, 4.69) is 5.32 Å². The molecule has 2 aromatic heterocycles. The van der Waals surface area contributed by atoms with Crippen molar-refractivity contribution in [1.82, 2.24) is 15.1 Å². The number of amides is 1. The van der Waals surface area contributed by atoms with Gasteiger partial charge in [0.25, 0.3) is 0 Å². The second-order valence-corrected chi connectivity index (χ2v) is 7.53. The van der Waals surface area contributed by atoms with Gasteiger partial charge in [-0.05, 0) is 54.4 Å². The third-order valence-corrected chi connectivity index (χ3v) is 5.35. The summed E-state index contributed by atoms with van der Waals surface area (Å²) in [5.74, 6) is 2.30. The highest BCUT2D eigenvalue weighted by Crippen LogP contribution is 2.36. The molecule has 32 heavy (non-hydrogen) atoms. The number of rotatable bonds is 8. The SMILES string of the molecule is O=C(CCc1cn(-c2ccccc2)nc1-c1ccc2c(c1)OCO2)NCCc1ccco1. The summed E-state index contributed by atoms with van der Waals surface area (Å²) >= 11 is 0. The van der Waals surface area contributed by atoms with Crippen LogP contribution in [0.3, 0.4) is 0 Å². The number of furan rings is 1. The Bertz CT molecular complexity index is 1200. The molecule has 1 aliphatic rings. The highest BCUT2D eigenvalue weighted by molar-refractivity contribution is 5.77. The first-order chi connectivity index (χ1) is 15.8. The molecule has 5 rings (SSSR count). The van der Waals surface area contributed by atoms with Gasteiger partial charge in [-0.3, -0.25) is 4.79 Å². The Labute approximate surface area is 185 Å². The average Bonchev–Trinajstić information content (AvgIpc) is 3.58. The number of nitrogens with one attached hydrogen (secondary N) is 1. The van der Waals surface area contributed by atoms with E-state index in [4.69, 9.17) is 19.0 Å². The summed E-state index contributed by atoms with van der Waals surface area (Å²) in [6, 6.07) is 19.5. The van der Waals surface area contributed by atoms with E-state index >= 15 is 0 Å². The van der Waals surface area contributed by atoms with Gasteiger partial charge in [-0.1, -0.05) is 18.2 Å². The smallest absolute Gasteiger partial charge is 0.231 e. The minimum Gasteiger partial charge on any atom is -0.469 e. The summed E-state index contributed by atoms with van der Waals surface area (Å²) in [5, 5.41) is 7.79. The van der Waals surface area contributed by atoms with Crippen molar-refractivity contribution in [2.75, 3.05) is 13.3 Å². The summed E-state index contributed by atoms with van der Waals surface area (Å²) in [7, 11) is 0.